The SMILES string of the molecule is C=C(N(/N=C/C(F)(F)F)c1nc(-c2cccc3[nH]ccc23)nc(N2CCOCC2)n1)C(C)(C)C. The molecule has 1 fully saturated rings. The van der Waals surface area contributed by atoms with Crippen LogP contribution in [0.1, 0.15) is 20.8 Å². The fourth-order valence-corrected chi connectivity index (χ4v) is 3.44. The van der Waals surface area contributed by atoms with E-state index in [1.54, 1.807) is 6.20 Å². The highest BCUT2D eigenvalue weighted by Gasteiger charge is 2.30. The van der Waals surface area contributed by atoms with Crippen LogP contribution in [-0.4, -0.2) is 58.6 Å². The molecular weight excluding hydrogens is 447 g/mol. The minimum Gasteiger partial charge on any atom is -0.378 e. The third-order valence-corrected chi connectivity index (χ3v) is 5.37. The highest BCUT2D eigenvalue weighted by Crippen LogP contribution is 2.33. The first-order valence-corrected chi connectivity index (χ1v) is 10.8. The van der Waals surface area contributed by atoms with Gasteiger partial charge in [0.05, 0.1) is 13.2 Å². The minimum absolute atomic E-state index is 0.0422. The van der Waals surface area contributed by atoms with Gasteiger partial charge in [0.15, 0.2) is 5.82 Å². The van der Waals surface area contributed by atoms with E-state index >= 15 is 0 Å². The molecule has 0 spiro atoms. The Hall–Kier alpha value is -3.47. The van der Waals surface area contributed by atoms with Gasteiger partial charge in [-0.1, -0.05) is 39.5 Å². The maximum atomic E-state index is 13.1. The van der Waals surface area contributed by atoms with Crippen molar-refractivity contribution in [1.82, 2.24) is 19.9 Å². The molecule has 0 unspecified atom stereocenters. The Morgan fingerprint density at radius 2 is 1.88 bits per heavy atom. The maximum absolute atomic E-state index is 13.1. The molecule has 3 heterocycles. The number of rotatable bonds is 5. The Morgan fingerprint density at radius 1 is 1.15 bits per heavy atom. The average molecular weight is 474 g/mol. The number of hydrazone groups is 1. The lowest BCUT2D eigenvalue weighted by Gasteiger charge is -2.31. The van der Waals surface area contributed by atoms with E-state index in [1.165, 1.54) is 0 Å². The topological polar surface area (TPSA) is 82.5 Å². The van der Waals surface area contributed by atoms with Gasteiger partial charge >= 0.3 is 6.18 Å². The number of allylic oxidation sites excluding steroid dienone is 1. The highest BCUT2D eigenvalue weighted by atomic mass is 19.4. The van der Waals surface area contributed by atoms with Crippen LogP contribution < -0.4 is 9.91 Å². The molecule has 34 heavy (non-hydrogen) atoms. The van der Waals surface area contributed by atoms with Crippen molar-refractivity contribution in [2.24, 2.45) is 10.5 Å². The zero-order valence-electron chi connectivity index (χ0n) is 19.2. The number of nitrogens with one attached hydrogen (secondary N) is 1. The van der Waals surface area contributed by atoms with Crippen molar-refractivity contribution in [1.29, 1.82) is 0 Å². The van der Waals surface area contributed by atoms with Crippen LogP contribution in [-0.2, 0) is 4.74 Å². The summed E-state index contributed by atoms with van der Waals surface area (Å²) in [5.41, 5.74) is 1.31. The van der Waals surface area contributed by atoms with Crippen molar-refractivity contribution in [2.45, 2.75) is 26.9 Å². The largest absolute Gasteiger partial charge is 0.428 e. The quantitative estimate of drug-likeness (QED) is 0.425. The summed E-state index contributed by atoms with van der Waals surface area (Å²) < 4.78 is 44.6. The van der Waals surface area contributed by atoms with Crippen LogP contribution in [0.25, 0.3) is 22.3 Å². The van der Waals surface area contributed by atoms with Gasteiger partial charge in [0, 0.05) is 46.9 Å². The molecule has 0 aliphatic carbocycles. The number of H-pyrrole nitrogens is 1. The van der Waals surface area contributed by atoms with E-state index in [1.807, 2.05) is 49.9 Å². The monoisotopic (exact) mass is 473 g/mol. The number of fused-ring (bicyclic) bond motifs is 1. The number of aromatic nitrogens is 4. The fraction of sp³-hybridized carbons (Fsp3) is 0.391. The van der Waals surface area contributed by atoms with Gasteiger partial charge in [-0.25, -0.2) is 5.01 Å². The molecule has 1 aliphatic heterocycles. The number of hydrogen-bond donors (Lipinski definition) is 1. The molecule has 1 saturated heterocycles. The van der Waals surface area contributed by atoms with Crippen LogP contribution in [0.2, 0.25) is 0 Å². The number of morpholine rings is 1. The van der Waals surface area contributed by atoms with E-state index in [2.05, 4.69) is 31.6 Å². The van der Waals surface area contributed by atoms with Gasteiger partial charge in [-0.2, -0.15) is 33.2 Å². The molecule has 180 valence electrons. The second-order valence-corrected chi connectivity index (χ2v) is 8.90. The third kappa shape index (κ3) is 5.19. The Morgan fingerprint density at radius 3 is 2.56 bits per heavy atom. The van der Waals surface area contributed by atoms with Gasteiger partial charge in [0.25, 0.3) is 5.95 Å². The summed E-state index contributed by atoms with van der Waals surface area (Å²) in [5, 5.41) is 5.61. The average Bonchev–Trinajstić information content (AvgIpc) is 3.27. The van der Waals surface area contributed by atoms with E-state index in [4.69, 9.17) is 4.74 Å². The molecule has 1 aliphatic rings. The van der Waals surface area contributed by atoms with E-state index in [0.29, 0.717) is 43.8 Å². The lowest BCUT2D eigenvalue weighted by Crippen LogP contribution is -2.38. The predicted molar refractivity (Wildman–Crippen MR) is 126 cm³/mol. The molecule has 0 saturated carbocycles. The van der Waals surface area contributed by atoms with Gasteiger partial charge in [-0.15, -0.1) is 0 Å². The fourth-order valence-electron chi connectivity index (χ4n) is 3.44. The molecule has 0 amide bonds. The van der Waals surface area contributed by atoms with Gasteiger partial charge in [0.2, 0.25) is 5.95 Å². The molecule has 2 aromatic heterocycles. The maximum Gasteiger partial charge on any atom is 0.428 e. The van der Waals surface area contributed by atoms with Gasteiger partial charge in [-0.3, -0.25) is 0 Å². The van der Waals surface area contributed by atoms with E-state index in [9.17, 15) is 13.2 Å². The van der Waals surface area contributed by atoms with Gasteiger partial charge in [0.1, 0.15) is 6.21 Å². The molecule has 0 radical (unpaired) electrons. The molecule has 0 bridgehead atoms. The second kappa shape index (κ2) is 9.05. The normalized spacial score (nSPS) is 15.3. The summed E-state index contributed by atoms with van der Waals surface area (Å²) in [6.45, 7) is 11.6. The molecule has 1 aromatic carbocycles. The first-order valence-electron chi connectivity index (χ1n) is 10.8. The lowest BCUT2D eigenvalue weighted by atomic mass is 9.93. The Bertz CT molecular complexity index is 1210. The van der Waals surface area contributed by atoms with Crippen molar-refractivity contribution < 1.29 is 17.9 Å². The molecule has 4 rings (SSSR count). The Balaban J connectivity index is 1.90. The number of hydrogen-bond acceptors (Lipinski definition) is 7. The summed E-state index contributed by atoms with van der Waals surface area (Å²) in [6, 6.07) is 7.54. The highest BCUT2D eigenvalue weighted by molar-refractivity contribution is 5.93. The number of ether oxygens (including phenoxy) is 1. The Kier molecular flexibility index (Phi) is 6.30. The minimum atomic E-state index is -4.62. The van der Waals surface area contributed by atoms with Crippen molar-refractivity contribution in [2.75, 3.05) is 36.2 Å². The number of benzene rings is 1. The summed E-state index contributed by atoms with van der Waals surface area (Å²) in [7, 11) is 0. The zero-order valence-corrected chi connectivity index (χ0v) is 19.2. The van der Waals surface area contributed by atoms with Crippen molar-refractivity contribution in [3.63, 3.8) is 0 Å². The van der Waals surface area contributed by atoms with Crippen molar-refractivity contribution in [3.05, 3.63) is 42.7 Å². The number of alkyl halides is 3. The molecule has 1 N–H and O–H groups in total. The molecule has 8 nitrogen and oxygen atoms in total. The van der Waals surface area contributed by atoms with E-state index in [-0.39, 0.29) is 12.2 Å². The number of halogens is 3. The summed E-state index contributed by atoms with van der Waals surface area (Å²) in [4.78, 5) is 18.8. The van der Waals surface area contributed by atoms with Crippen LogP contribution in [0, 0.1) is 5.41 Å². The Labute approximate surface area is 195 Å². The van der Waals surface area contributed by atoms with Gasteiger partial charge in [-0.05, 0) is 12.1 Å². The molecule has 3 aromatic rings. The van der Waals surface area contributed by atoms with Crippen LogP contribution in [0.4, 0.5) is 25.1 Å². The predicted octanol–water partition coefficient (Wildman–Crippen LogP) is 4.77. The number of nitrogens with zero attached hydrogens (tertiary/aromatic N) is 6. The van der Waals surface area contributed by atoms with Crippen LogP contribution in [0.3, 0.4) is 0 Å². The summed E-state index contributed by atoms with van der Waals surface area (Å²) in [6.07, 6.45) is -2.90. The van der Waals surface area contributed by atoms with Crippen LogP contribution in [0.5, 0.6) is 0 Å². The van der Waals surface area contributed by atoms with Crippen molar-refractivity contribution in [3.8, 4) is 11.4 Å². The number of anilines is 2. The smallest absolute Gasteiger partial charge is 0.378 e. The standard InChI is InChI=1S/C23H26F3N7O/c1-15(22(2,3)4)33(28-14-23(24,25)26)21-30-19(17-6-5-7-18-16(17)8-9-27-18)29-20(31-21)32-10-12-34-13-11-32/h5-9,14,27H,1,10-13H2,2-4H3/b28-14+. The summed E-state index contributed by atoms with van der Waals surface area (Å²) >= 11 is 0. The molecule has 0 atom stereocenters. The van der Waals surface area contributed by atoms with E-state index in [0.717, 1.165) is 21.5 Å². The molecular formula is C23H26F3N7O. The molecule has 11 heteroatoms. The van der Waals surface area contributed by atoms with E-state index < -0.39 is 11.6 Å². The third-order valence-electron chi connectivity index (χ3n) is 5.37. The summed E-state index contributed by atoms with van der Waals surface area (Å²) in [5.74, 6) is 0.620. The first-order chi connectivity index (χ1) is 16.0. The first kappa shape index (κ1) is 23.7. The van der Waals surface area contributed by atoms with Crippen molar-refractivity contribution >= 4 is 29.0 Å². The second-order valence-electron chi connectivity index (χ2n) is 8.90. The lowest BCUT2D eigenvalue weighted by molar-refractivity contribution is -0.0537. The number of aromatic amines is 1. The van der Waals surface area contributed by atoms with Gasteiger partial charge < -0.3 is 14.6 Å². The van der Waals surface area contributed by atoms with Crippen LogP contribution in [0.15, 0.2) is 47.8 Å². The van der Waals surface area contributed by atoms with Crippen LogP contribution >= 0.6 is 0 Å². The zero-order chi connectivity index (χ0) is 24.5.